The molecule has 1 fully saturated rings. The van der Waals surface area contributed by atoms with Gasteiger partial charge in [0.2, 0.25) is 5.60 Å². The number of hydrogen-bond acceptors (Lipinski definition) is 5. The van der Waals surface area contributed by atoms with Crippen molar-refractivity contribution in [3.8, 4) is 0 Å². The first-order valence-electron chi connectivity index (χ1n) is 12.7. The number of non-ortho nitro benzene ring substituents is 1. The van der Waals surface area contributed by atoms with Crippen molar-refractivity contribution >= 4 is 16.6 Å². The van der Waals surface area contributed by atoms with E-state index < -0.39 is 23.2 Å². The van der Waals surface area contributed by atoms with E-state index in [0.29, 0.717) is 32.7 Å². The van der Waals surface area contributed by atoms with Crippen molar-refractivity contribution in [2.45, 2.75) is 24.9 Å². The molecule has 39 heavy (non-hydrogen) atoms. The average Bonchev–Trinajstić information content (AvgIpc) is 3.28. The topological polar surface area (TPSA) is 74.8 Å². The van der Waals surface area contributed by atoms with Crippen LogP contribution in [0.4, 0.5) is 18.9 Å². The first-order chi connectivity index (χ1) is 18.6. The Kier molecular flexibility index (Phi) is 7.44. The van der Waals surface area contributed by atoms with Gasteiger partial charge in [-0.05, 0) is 17.2 Å². The minimum Gasteiger partial charge on any atom is -0.375 e. The van der Waals surface area contributed by atoms with Gasteiger partial charge in [-0.2, -0.15) is 13.2 Å². The Morgan fingerprint density at radius 1 is 0.821 bits per heavy atom. The molecule has 10 heteroatoms. The van der Waals surface area contributed by atoms with Gasteiger partial charge < -0.3 is 9.67 Å². The number of aromatic nitrogens is 1. The lowest BCUT2D eigenvalue weighted by molar-refractivity contribution is -0.384. The molecule has 5 rings (SSSR count). The quantitative estimate of drug-likeness (QED) is 0.248. The number of nitro groups is 1. The molecule has 0 spiro atoms. The highest BCUT2D eigenvalue weighted by molar-refractivity contribution is 5.87. The van der Waals surface area contributed by atoms with E-state index in [1.165, 1.54) is 24.4 Å². The Bertz CT molecular complexity index is 1430. The normalized spacial score (nSPS) is 16.8. The monoisotopic (exact) mass is 538 g/mol. The van der Waals surface area contributed by atoms with Gasteiger partial charge in [0.05, 0.1) is 10.4 Å². The average molecular weight is 539 g/mol. The van der Waals surface area contributed by atoms with E-state index in [-0.39, 0.29) is 28.7 Å². The predicted octanol–water partition coefficient (Wildman–Crippen LogP) is 5.17. The summed E-state index contributed by atoms with van der Waals surface area (Å²) in [6.45, 7) is 2.18. The van der Waals surface area contributed by atoms with Gasteiger partial charge in [0, 0.05) is 75.1 Å². The van der Waals surface area contributed by atoms with Crippen molar-refractivity contribution in [3.05, 3.63) is 112 Å². The zero-order chi connectivity index (χ0) is 27.6. The third-order valence-corrected chi connectivity index (χ3v) is 7.35. The van der Waals surface area contributed by atoms with Gasteiger partial charge in [0.15, 0.2) is 0 Å². The molecule has 1 aliphatic rings. The standard InChI is InChI=1S/C29H29F3N4O3/c30-29(31,32)28(37,21-34-15-13-33(14-16-34)18-22-7-3-1-4-8-22)26-20-35(19-23-9-5-2-6-10-23)27-17-24(36(38)39)11-12-25(26)27/h1-12,17,20,37H,13-16,18-19,21H2. The number of piperazine rings is 1. The Morgan fingerprint density at radius 2 is 1.38 bits per heavy atom. The molecule has 1 unspecified atom stereocenters. The molecule has 0 radical (unpaired) electrons. The maximum Gasteiger partial charge on any atom is 0.422 e. The zero-order valence-electron chi connectivity index (χ0n) is 21.2. The number of benzene rings is 3. The number of rotatable bonds is 8. The van der Waals surface area contributed by atoms with Gasteiger partial charge in [-0.25, -0.2) is 0 Å². The second-order valence-electron chi connectivity index (χ2n) is 10.0. The van der Waals surface area contributed by atoms with Gasteiger partial charge in [-0.1, -0.05) is 60.7 Å². The van der Waals surface area contributed by atoms with Crippen molar-refractivity contribution in [2.75, 3.05) is 32.7 Å². The van der Waals surface area contributed by atoms with E-state index in [4.69, 9.17) is 0 Å². The summed E-state index contributed by atoms with van der Waals surface area (Å²) in [5.41, 5.74) is -1.48. The number of β-amino-alcohol motifs (C(OH)–C–C–N with tert-alkyl or cyclic N) is 1. The lowest BCUT2D eigenvalue weighted by Crippen LogP contribution is -2.55. The van der Waals surface area contributed by atoms with Crippen molar-refractivity contribution in [3.63, 3.8) is 0 Å². The van der Waals surface area contributed by atoms with Crippen LogP contribution in [0.5, 0.6) is 0 Å². The van der Waals surface area contributed by atoms with Crippen LogP contribution in [0.3, 0.4) is 0 Å². The fraction of sp³-hybridized carbons (Fsp3) is 0.310. The third kappa shape index (κ3) is 5.68. The second kappa shape index (κ2) is 10.8. The number of hydrogen-bond donors (Lipinski definition) is 1. The molecule has 1 aromatic heterocycles. The van der Waals surface area contributed by atoms with E-state index in [9.17, 15) is 28.4 Å². The molecule has 0 bridgehead atoms. The second-order valence-corrected chi connectivity index (χ2v) is 10.0. The lowest BCUT2D eigenvalue weighted by Gasteiger charge is -2.40. The summed E-state index contributed by atoms with van der Waals surface area (Å²) in [6, 6.07) is 22.7. The number of nitrogens with zero attached hydrogens (tertiary/aromatic N) is 4. The Morgan fingerprint density at radius 3 is 1.95 bits per heavy atom. The first-order valence-corrected chi connectivity index (χ1v) is 12.7. The highest BCUT2D eigenvalue weighted by atomic mass is 19.4. The van der Waals surface area contributed by atoms with Crippen LogP contribution in [0.2, 0.25) is 0 Å². The molecular weight excluding hydrogens is 509 g/mol. The van der Waals surface area contributed by atoms with E-state index in [0.717, 1.165) is 11.1 Å². The lowest BCUT2D eigenvalue weighted by atomic mass is 9.91. The molecule has 7 nitrogen and oxygen atoms in total. The Labute approximate surface area is 223 Å². The van der Waals surface area contributed by atoms with Crippen LogP contribution in [0.25, 0.3) is 10.9 Å². The van der Waals surface area contributed by atoms with Crippen molar-refractivity contribution in [1.29, 1.82) is 0 Å². The van der Waals surface area contributed by atoms with E-state index in [2.05, 4.69) is 4.90 Å². The molecule has 1 aliphatic heterocycles. The summed E-state index contributed by atoms with van der Waals surface area (Å²) in [7, 11) is 0. The van der Waals surface area contributed by atoms with Gasteiger partial charge in [-0.15, -0.1) is 0 Å². The van der Waals surface area contributed by atoms with Crippen LogP contribution < -0.4 is 0 Å². The number of halogens is 3. The van der Waals surface area contributed by atoms with Crippen molar-refractivity contribution in [1.82, 2.24) is 14.4 Å². The molecule has 4 aromatic rings. The molecule has 1 atom stereocenters. The first kappa shape index (κ1) is 26.9. The number of alkyl halides is 3. The highest BCUT2D eigenvalue weighted by Gasteiger charge is 2.57. The van der Waals surface area contributed by atoms with E-state index >= 15 is 0 Å². The molecule has 2 heterocycles. The Hall–Kier alpha value is -3.73. The highest BCUT2D eigenvalue weighted by Crippen LogP contribution is 2.44. The summed E-state index contributed by atoms with van der Waals surface area (Å²) in [4.78, 5) is 14.7. The van der Waals surface area contributed by atoms with Crippen molar-refractivity contribution in [2.24, 2.45) is 0 Å². The summed E-state index contributed by atoms with van der Waals surface area (Å²) in [6.07, 6.45) is -3.68. The number of nitro benzene ring substituents is 1. The zero-order valence-corrected chi connectivity index (χ0v) is 21.2. The SMILES string of the molecule is O=[N+]([O-])c1ccc2c(C(O)(CN3CCN(Cc4ccccc4)CC3)C(F)(F)F)cn(Cc3ccccc3)c2c1. The summed E-state index contributed by atoms with van der Waals surface area (Å²) < 4.78 is 45.6. The van der Waals surface area contributed by atoms with Crippen molar-refractivity contribution < 1.29 is 23.2 Å². The number of aliphatic hydroxyl groups is 1. The molecule has 204 valence electrons. The molecule has 1 N–H and O–H groups in total. The van der Waals surface area contributed by atoms with E-state index in [1.807, 2.05) is 60.7 Å². The maximum absolute atomic E-state index is 14.7. The molecule has 0 saturated carbocycles. The van der Waals surface area contributed by atoms with Crippen LogP contribution in [0.1, 0.15) is 16.7 Å². The molecule has 1 saturated heterocycles. The van der Waals surface area contributed by atoms with Crippen LogP contribution in [0, 0.1) is 10.1 Å². The fourth-order valence-electron chi connectivity index (χ4n) is 5.23. The maximum atomic E-state index is 14.7. The largest absolute Gasteiger partial charge is 0.422 e. The molecule has 3 aromatic carbocycles. The van der Waals surface area contributed by atoms with Crippen LogP contribution in [-0.2, 0) is 18.7 Å². The van der Waals surface area contributed by atoms with Crippen LogP contribution in [-0.4, -0.2) is 63.3 Å². The van der Waals surface area contributed by atoms with Gasteiger partial charge in [0.25, 0.3) is 5.69 Å². The minimum atomic E-state index is -4.97. The summed E-state index contributed by atoms with van der Waals surface area (Å²) >= 11 is 0. The third-order valence-electron chi connectivity index (χ3n) is 7.35. The molecular formula is C29H29F3N4O3. The molecule has 0 amide bonds. The minimum absolute atomic E-state index is 0.138. The van der Waals surface area contributed by atoms with E-state index in [1.54, 1.807) is 9.47 Å². The van der Waals surface area contributed by atoms with Gasteiger partial charge >= 0.3 is 6.18 Å². The van der Waals surface area contributed by atoms with Gasteiger partial charge in [0.1, 0.15) is 0 Å². The smallest absolute Gasteiger partial charge is 0.375 e. The summed E-state index contributed by atoms with van der Waals surface area (Å²) in [5.74, 6) is 0. The van der Waals surface area contributed by atoms with Crippen LogP contribution in [0.15, 0.2) is 85.1 Å². The molecule has 0 aliphatic carbocycles. The Balaban J connectivity index is 1.45. The van der Waals surface area contributed by atoms with Crippen LogP contribution >= 0.6 is 0 Å². The number of fused-ring (bicyclic) bond motifs is 1. The summed E-state index contributed by atoms with van der Waals surface area (Å²) in [5, 5.41) is 23.0. The fourth-order valence-corrected chi connectivity index (χ4v) is 5.23. The predicted molar refractivity (Wildman–Crippen MR) is 142 cm³/mol. The van der Waals surface area contributed by atoms with Gasteiger partial charge in [-0.3, -0.25) is 19.9 Å².